The van der Waals surface area contributed by atoms with Crippen LogP contribution >= 0.6 is 0 Å². The van der Waals surface area contributed by atoms with Gasteiger partial charge in [-0.05, 0) is 77.6 Å². The number of methoxy groups -OCH3 is 2. The third-order valence-corrected chi connectivity index (χ3v) is 8.27. The summed E-state index contributed by atoms with van der Waals surface area (Å²) in [6.07, 6.45) is -4.56. The fourth-order valence-electron chi connectivity index (χ4n) is 5.64. The van der Waals surface area contributed by atoms with Crippen molar-refractivity contribution >= 4 is 16.7 Å². The molecular weight excluding hydrogens is 579 g/mol. The summed E-state index contributed by atoms with van der Waals surface area (Å²) in [6, 6.07) is 28.2. The lowest BCUT2D eigenvalue weighted by Gasteiger charge is -2.25. The van der Waals surface area contributed by atoms with E-state index in [1.54, 1.807) is 7.11 Å². The summed E-state index contributed by atoms with van der Waals surface area (Å²) < 4.78 is 56.1. The van der Waals surface area contributed by atoms with Crippen LogP contribution in [-0.4, -0.2) is 25.1 Å². The number of rotatable bonds is 10. The van der Waals surface area contributed by atoms with Crippen LogP contribution in [0.25, 0.3) is 21.9 Å². The fourth-order valence-corrected chi connectivity index (χ4v) is 5.64. The van der Waals surface area contributed by atoms with E-state index in [0.29, 0.717) is 18.8 Å². The van der Waals surface area contributed by atoms with Crippen LogP contribution in [0.3, 0.4) is 0 Å². The second-order valence-electron chi connectivity index (χ2n) is 11.7. The molecule has 0 aliphatic heterocycles. The van der Waals surface area contributed by atoms with Crippen molar-refractivity contribution in [3.8, 4) is 16.9 Å². The van der Waals surface area contributed by atoms with E-state index in [2.05, 4.69) is 23.1 Å². The lowest BCUT2D eigenvalue weighted by atomic mass is 9.83. The van der Waals surface area contributed by atoms with Gasteiger partial charge < -0.3 is 13.9 Å². The average molecular weight is 616 g/mol. The molecule has 4 aromatic carbocycles. The molecule has 1 heterocycles. The topological polar surface area (TPSA) is 51.9 Å². The van der Waals surface area contributed by atoms with Crippen LogP contribution in [0.5, 0.6) is 5.75 Å². The Bertz CT molecular complexity index is 1820. The van der Waals surface area contributed by atoms with E-state index in [0.717, 1.165) is 50.2 Å². The Morgan fingerprint density at radius 2 is 1.58 bits per heavy atom. The van der Waals surface area contributed by atoms with Gasteiger partial charge in [0.15, 0.2) is 0 Å². The molecule has 0 aliphatic carbocycles. The molecule has 1 aromatic heterocycles. The third kappa shape index (κ3) is 6.91. The van der Waals surface area contributed by atoms with Gasteiger partial charge in [0.1, 0.15) is 11.5 Å². The van der Waals surface area contributed by atoms with Crippen LogP contribution in [0.1, 0.15) is 47.6 Å². The number of esters is 1. The van der Waals surface area contributed by atoms with Gasteiger partial charge in [0.05, 0.1) is 26.2 Å². The van der Waals surface area contributed by atoms with Gasteiger partial charge in [0.2, 0.25) is 5.76 Å². The maximum Gasteiger partial charge on any atom is 0.449 e. The van der Waals surface area contributed by atoms with Crippen molar-refractivity contribution in [2.45, 2.75) is 52.0 Å². The van der Waals surface area contributed by atoms with Crippen molar-refractivity contribution in [1.29, 1.82) is 0 Å². The third-order valence-electron chi connectivity index (χ3n) is 8.27. The van der Waals surface area contributed by atoms with E-state index >= 15 is 0 Å². The van der Waals surface area contributed by atoms with Crippen LogP contribution in [0.15, 0.2) is 95.4 Å². The predicted octanol–water partition coefficient (Wildman–Crippen LogP) is 9.09. The number of hydrogen-bond acceptors (Lipinski definition) is 5. The molecule has 0 unspecified atom stereocenters. The number of hydrogen-bond donors (Lipinski definition) is 0. The zero-order valence-corrected chi connectivity index (χ0v) is 26.0. The van der Waals surface area contributed by atoms with E-state index in [1.807, 2.05) is 81.4 Å². The minimum Gasteiger partial charge on any atom is -0.496 e. The molecule has 5 nitrogen and oxygen atoms in total. The Kier molecular flexibility index (Phi) is 9.07. The lowest BCUT2D eigenvalue weighted by Crippen LogP contribution is -2.30. The first-order chi connectivity index (χ1) is 21.4. The van der Waals surface area contributed by atoms with E-state index in [1.165, 1.54) is 13.2 Å². The Labute approximate surface area is 261 Å². The minimum absolute atomic E-state index is 0.161. The van der Waals surface area contributed by atoms with Gasteiger partial charge in [-0.1, -0.05) is 72.8 Å². The highest BCUT2D eigenvalue weighted by molar-refractivity contribution is 5.86. The molecule has 5 rings (SSSR count). The first-order valence-corrected chi connectivity index (χ1v) is 14.6. The molecular formula is C37H36F3NO4. The summed E-state index contributed by atoms with van der Waals surface area (Å²) in [5.41, 5.74) is 4.86. The maximum absolute atomic E-state index is 13.3. The molecule has 0 saturated carbocycles. The number of benzene rings is 4. The molecule has 0 fully saturated rings. The summed E-state index contributed by atoms with van der Waals surface area (Å²) in [5, 5.41) is 2.19. The summed E-state index contributed by atoms with van der Waals surface area (Å²) in [6.45, 7) is 6.72. The van der Waals surface area contributed by atoms with Gasteiger partial charge in [-0.15, -0.1) is 0 Å². The van der Waals surface area contributed by atoms with Crippen molar-refractivity contribution in [3.63, 3.8) is 0 Å². The van der Waals surface area contributed by atoms with E-state index in [4.69, 9.17) is 13.9 Å². The second kappa shape index (κ2) is 12.8. The molecule has 0 radical (unpaired) electrons. The average Bonchev–Trinajstić information content (AvgIpc) is 3.51. The lowest BCUT2D eigenvalue weighted by molar-refractivity contribution is -0.153. The van der Waals surface area contributed by atoms with Gasteiger partial charge in [0, 0.05) is 18.7 Å². The fraction of sp³-hybridized carbons (Fsp3) is 0.270. The predicted molar refractivity (Wildman–Crippen MR) is 169 cm³/mol. The zero-order valence-electron chi connectivity index (χ0n) is 26.0. The number of carbonyl (C=O) groups is 1. The van der Waals surface area contributed by atoms with E-state index < -0.39 is 17.4 Å². The molecule has 5 aromatic rings. The number of fused-ring (bicyclic) bond motifs is 1. The van der Waals surface area contributed by atoms with E-state index in [9.17, 15) is 18.0 Å². The molecule has 0 saturated heterocycles. The van der Waals surface area contributed by atoms with Crippen LogP contribution in [0.2, 0.25) is 0 Å². The number of furan rings is 1. The second-order valence-corrected chi connectivity index (χ2v) is 11.7. The smallest absolute Gasteiger partial charge is 0.449 e. The normalized spacial score (nSPS) is 12.1. The van der Waals surface area contributed by atoms with Crippen LogP contribution in [0, 0.1) is 6.92 Å². The number of halogens is 3. The molecule has 0 N–H and O–H groups in total. The molecule has 45 heavy (non-hydrogen) atoms. The number of nitrogens with zero attached hydrogens (tertiary/aromatic N) is 1. The van der Waals surface area contributed by atoms with Crippen LogP contribution in [-0.2, 0) is 40.8 Å². The quantitative estimate of drug-likeness (QED) is 0.147. The highest BCUT2D eigenvalue weighted by Crippen LogP contribution is 2.34. The number of aryl methyl sites for hydroxylation is 1. The molecule has 0 atom stereocenters. The molecule has 0 bridgehead atoms. The maximum atomic E-state index is 13.3. The summed E-state index contributed by atoms with van der Waals surface area (Å²) in [7, 11) is 2.98. The van der Waals surface area contributed by atoms with E-state index in [-0.39, 0.29) is 18.3 Å². The van der Waals surface area contributed by atoms with Crippen LogP contribution < -0.4 is 4.74 Å². The number of alkyl halides is 3. The summed E-state index contributed by atoms with van der Waals surface area (Å²) in [4.78, 5) is 14.5. The monoisotopic (exact) mass is 615 g/mol. The van der Waals surface area contributed by atoms with Crippen molar-refractivity contribution < 1.29 is 31.9 Å². The van der Waals surface area contributed by atoms with Gasteiger partial charge >= 0.3 is 12.1 Å². The Balaban J connectivity index is 1.49. The zero-order chi connectivity index (χ0) is 32.4. The molecule has 0 aliphatic rings. The summed E-state index contributed by atoms with van der Waals surface area (Å²) >= 11 is 0. The van der Waals surface area contributed by atoms with Crippen molar-refractivity contribution in [1.82, 2.24) is 4.90 Å². The van der Waals surface area contributed by atoms with Crippen LogP contribution in [0.4, 0.5) is 13.2 Å². The Morgan fingerprint density at radius 3 is 2.29 bits per heavy atom. The van der Waals surface area contributed by atoms with Gasteiger partial charge in [-0.2, -0.15) is 13.2 Å². The van der Waals surface area contributed by atoms with Gasteiger partial charge in [-0.3, -0.25) is 9.69 Å². The highest BCUT2D eigenvalue weighted by atomic mass is 19.4. The van der Waals surface area contributed by atoms with Gasteiger partial charge in [0.25, 0.3) is 0 Å². The largest absolute Gasteiger partial charge is 0.496 e. The number of ether oxygens (including phenoxy) is 2. The van der Waals surface area contributed by atoms with Gasteiger partial charge in [-0.25, -0.2) is 0 Å². The molecule has 0 amide bonds. The summed E-state index contributed by atoms with van der Waals surface area (Å²) in [5.74, 6) is -0.479. The van der Waals surface area contributed by atoms with Crippen molar-refractivity contribution in [3.05, 3.63) is 125 Å². The first-order valence-electron chi connectivity index (χ1n) is 14.6. The Hall–Kier alpha value is -4.56. The molecule has 0 spiro atoms. The van der Waals surface area contributed by atoms with Crippen molar-refractivity contribution in [2.75, 3.05) is 14.2 Å². The molecule has 234 valence electrons. The number of carbonyl (C=O) groups excluding carboxylic acids is 1. The first kappa shape index (κ1) is 31.9. The molecule has 8 heteroatoms. The standard InChI is InChI=1S/C37H36F3NO4/c1-24-13-14-25-9-6-7-12-31(25)32(24)23-41(22-30-17-18-34(45-30)37(38,39)40)21-28-16-15-27(20-33(28)43-4)26-10-8-11-29(19-26)36(2,3)35(42)44-5/h6-20H,21-23H2,1-5H3. The minimum atomic E-state index is -4.56. The SMILES string of the molecule is COC(=O)C(C)(C)c1cccc(-c2ccc(CN(Cc3ccc(C(F)(F)F)o3)Cc3c(C)ccc4ccccc34)c(OC)c2)c1. The van der Waals surface area contributed by atoms with Crippen molar-refractivity contribution in [2.24, 2.45) is 0 Å². The Morgan fingerprint density at radius 1 is 0.822 bits per heavy atom. The highest BCUT2D eigenvalue weighted by Gasteiger charge is 2.35.